The minimum atomic E-state index is 0.496. The third-order valence-electron chi connectivity index (χ3n) is 4.92. The van der Waals surface area contributed by atoms with E-state index >= 15 is 0 Å². The summed E-state index contributed by atoms with van der Waals surface area (Å²) in [5.41, 5.74) is 3.58. The van der Waals surface area contributed by atoms with Gasteiger partial charge in [-0.15, -0.1) is 0 Å². The summed E-state index contributed by atoms with van der Waals surface area (Å²) < 4.78 is 0. The summed E-state index contributed by atoms with van der Waals surface area (Å²) in [6.07, 6.45) is 6.50. The van der Waals surface area contributed by atoms with Crippen molar-refractivity contribution in [1.82, 2.24) is 5.32 Å². The highest BCUT2D eigenvalue weighted by atomic mass is 14.8. The van der Waals surface area contributed by atoms with Gasteiger partial charge in [-0.25, -0.2) is 0 Å². The summed E-state index contributed by atoms with van der Waals surface area (Å²) in [6, 6.07) is 9.37. The van der Waals surface area contributed by atoms with Crippen LogP contribution in [-0.4, -0.2) is 13.6 Å². The molecule has 0 amide bonds. The molecule has 0 heterocycles. The lowest BCUT2D eigenvalue weighted by molar-refractivity contribution is 0.161. The van der Waals surface area contributed by atoms with Crippen LogP contribution in [0.4, 0.5) is 0 Å². The summed E-state index contributed by atoms with van der Waals surface area (Å²) in [6.45, 7) is 8.29. The first-order chi connectivity index (χ1) is 9.55. The summed E-state index contributed by atoms with van der Waals surface area (Å²) in [4.78, 5) is 0. The van der Waals surface area contributed by atoms with E-state index in [1.807, 2.05) is 0 Å². The SMILES string of the molecule is CCCc1cccc(C2CC(C)(C)CCC2CNC)c1. The van der Waals surface area contributed by atoms with E-state index in [9.17, 15) is 0 Å². The van der Waals surface area contributed by atoms with Gasteiger partial charge >= 0.3 is 0 Å². The first kappa shape index (κ1) is 15.6. The number of benzene rings is 1. The Morgan fingerprint density at radius 3 is 2.80 bits per heavy atom. The summed E-state index contributed by atoms with van der Waals surface area (Å²) in [7, 11) is 2.09. The number of hydrogen-bond donors (Lipinski definition) is 1. The second kappa shape index (κ2) is 6.76. The molecule has 2 atom stereocenters. The van der Waals surface area contributed by atoms with Gasteiger partial charge < -0.3 is 5.32 Å². The predicted octanol–water partition coefficient (Wildman–Crippen LogP) is 4.77. The first-order valence-corrected chi connectivity index (χ1v) is 8.29. The van der Waals surface area contributed by atoms with E-state index in [0.717, 1.165) is 18.4 Å². The molecule has 1 saturated carbocycles. The second-order valence-corrected chi connectivity index (χ2v) is 7.33. The molecule has 1 nitrogen and oxygen atoms in total. The van der Waals surface area contributed by atoms with Crippen LogP contribution in [0.5, 0.6) is 0 Å². The normalized spacial score (nSPS) is 25.6. The largest absolute Gasteiger partial charge is 0.319 e. The minimum Gasteiger partial charge on any atom is -0.319 e. The smallest absolute Gasteiger partial charge is 0.00177 e. The Bertz CT molecular complexity index is 422. The summed E-state index contributed by atoms with van der Waals surface area (Å²) in [5, 5.41) is 3.40. The lowest BCUT2D eigenvalue weighted by Crippen LogP contribution is -2.33. The lowest BCUT2D eigenvalue weighted by Gasteiger charge is -2.41. The van der Waals surface area contributed by atoms with Gasteiger partial charge in [0, 0.05) is 0 Å². The summed E-state index contributed by atoms with van der Waals surface area (Å²) in [5.74, 6) is 1.52. The van der Waals surface area contributed by atoms with Crippen LogP contribution in [0, 0.1) is 11.3 Å². The highest BCUT2D eigenvalue weighted by Gasteiger charge is 2.35. The lowest BCUT2D eigenvalue weighted by atomic mass is 9.65. The van der Waals surface area contributed by atoms with Crippen LogP contribution in [0.15, 0.2) is 24.3 Å². The van der Waals surface area contributed by atoms with Crippen LogP contribution in [0.2, 0.25) is 0 Å². The Morgan fingerprint density at radius 2 is 2.10 bits per heavy atom. The van der Waals surface area contributed by atoms with Gasteiger partial charge in [-0.2, -0.15) is 0 Å². The van der Waals surface area contributed by atoms with Crippen LogP contribution in [0.1, 0.15) is 63.5 Å². The highest BCUT2D eigenvalue weighted by Crippen LogP contribution is 2.46. The molecule has 1 fully saturated rings. The van der Waals surface area contributed by atoms with Crippen LogP contribution >= 0.6 is 0 Å². The number of hydrogen-bond acceptors (Lipinski definition) is 1. The molecule has 1 aromatic rings. The van der Waals surface area contributed by atoms with E-state index in [1.165, 1.54) is 37.7 Å². The molecular formula is C19H31N. The van der Waals surface area contributed by atoms with E-state index < -0.39 is 0 Å². The quantitative estimate of drug-likeness (QED) is 0.815. The fraction of sp³-hybridized carbons (Fsp3) is 0.684. The monoisotopic (exact) mass is 273 g/mol. The molecule has 112 valence electrons. The van der Waals surface area contributed by atoms with Crippen molar-refractivity contribution in [2.24, 2.45) is 11.3 Å². The van der Waals surface area contributed by atoms with Gasteiger partial charge in [-0.05, 0) is 67.7 Å². The van der Waals surface area contributed by atoms with Gasteiger partial charge in [0.05, 0.1) is 0 Å². The maximum absolute atomic E-state index is 3.40. The Kier molecular flexibility index (Phi) is 5.26. The predicted molar refractivity (Wildman–Crippen MR) is 88.2 cm³/mol. The second-order valence-electron chi connectivity index (χ2n) is 7.33. The zero-order valence-electron chi connectivity index (χ0n) is 13.7. The maximum atomic E-state index is 3.40. The molecule has 1 aliphatic rings. The highest BCUT2D eigenvalue weighted by molar-refractivity contribution is 5.28. The van der Waals surface area contributed by atoms with Gasteiger partial charge in [0.25, 0.3) is 0 Å². The number of aryl methyl sites for hydroxylation is 1. The molecule has 0 radical (unpaired) electrons. The standard InChI is InChI=1S/C19H31N/c1-5-7-15-8-6-9-16(12-15)18-13-19(2,3)11-10-17(18)14-20-4/h6,8-9,12,17-18,20H,5,7,10-11,13-14H2,1-4H3. The van der Waals surface area contributed by atoms with Gasteiger partial charge in [-0.3, -0.25) is 0 Å². The Morgan fingerprint density at radius 1 is 1.30 bits per heavy atom. The van der Waals surface area contributed by atoms with Gasteiger partial charge in [0.1, 0.15) is 0 Å². The van der Waals surface area contributed by atoms with Crippen molar-refractivity contribution < 1.29 is 0 Å². The Balaban J connectivity index is 2.22. The van der Waals surface area contributed by atoms with Crippen molar-refractivity contribution in [3.63, 3.8) is 0 Å². The maximum Gasteiger partial charge on any atom is -0.00177 e. The minimum absolute atomic E-state index is 0.496. The molecule has 1 heteroatoms. The third kappa shape index (κ3) is 3.85. The topological polar surface area (TPSA) is 12.0 Å². The van der Waals surface area contributed by atoms with Crippen molar-refractivity contribution in [2.75, 3.05) is 13.6 Å². The average Bonchev–Trinajstić information content (AvgIpc) is 2.41. The first-order valence-electron chi connectivity index (χ1n) is 8.29. The van der Waals surface area contributed by atoms with Crippen molar-refractivity contribution >= 4 is 0 Å². The number of rotatable bonds is 5. The van der Waals surface area contributed by atoms with E-state index in [-0.39, 0.29) is 0 Å². The molecule has 0 aliphatic heterocycles. The fourth-order valence-corrected chi connectivity index (χ4v) is 3.81. The van der Waals surface area contributed by atoms with Gasteiger partial charge in [0.15, 0.2) is 0 Å². The van der Waals surface area contributed by atoms with Crippen LogP contribution in [0.25, 0.3) is 0 Å². The Hall–Kier alpha value is -0.820. The molecule has 2 unspecified atom stereocenters. The van der Waals surface area contributed by atoms with Crippen molar-refractivity contribution in [1.29, 1.82) is 0 Å². The zero-order chi connectivity index (χ0) is 14.6. The Labute approximate surface area is 125 Å². The number of nitrogens with one attached hydrogen (secondary N) is 1. The molecule has 1 aromatic carbocycles. The molecule has 20 heavy (non-hydrogen) atoms. The van der Waals surface area contributed by atoms with E-state index in [0.29, 0.717) is 5.41 Å². The molecule has 2 rings (SSSR count). The van der Waals surface area contributed by atoms with E-state index in [1.54, 1.807) is 5.56 Å². The van der Waals surface area contributed by atoms with E-state index in [4.69, 9.17) is 0 Å². The van der Waals surface area contributed by atoms with Crippen LogP contribution < -0.4 is 5.32 Å². The molecule has 0 bridgehead atoms. The molecule has 0 spiro atoms. The van der Waals surface area contributed by atoms with Gasteiger partial charge in [-0.1, -0.05) is 51.5 Å². The van der Waals surface area contributed by atoms with Gasteiger partial charge in [0.2, 0.25) is 0 Å². The molecule has 1 aliphatic carbocycles. The molecular weight excluding hydrogens is 242 g/mol. The molecule has 0 aromatic heterocycles. The van der Waals surface area contributed by atoms with Crippen molar-refractivity contribution in [3.05, 3.63) is 35.4 Å². The molecule has 1 N–H and O–H groups in total. The average molecular weight is 273 g/mol. The van der Waals surface area contributed by atoms with Crippen LogP contribution in [-0.2, 0) is 6.42 Å². The third-order valence-corrected chi connectivity index (χ3v) is 4.92. The van der Waals surface area contributed by atoms with Crippen molar-refractivity contribution in [2.45, 2.75) is 58.8 Å². The van der Waals surface area contributed by atoms with Crippen molar-refractivity contribution in [3.8, 4) is 0 Å². The van der Waals surface area contributed by atoms with E-state index in [2.05, 4.69) is 57.4 Å². The molecule has 0 saturated heterocycles. The summed E-state index contributed by atoms with van der Waals surface area (Å²) >= 11 is 0. The van der Waals surface area contributed by atoms with Crippen LogP contribution in [0.3, 0.4) is 0 Å². The zero-order valence-corrected chi connectivity index (χ0v) is 13.7. The fourth-order valence-electron chi connectivity index (χ4n) is 3.81.